The fraction of sp³-hybridized carbons (Fsp3) is 0.368. The van der Waals surface area contributed by atoms with Gasteiger partial charge >= 0.3 is 5.69 Å². The van der Waals surface area contributed by atoms with Crippen molar-refractivity contribution < 1.29 is 19.2 Å². The molecule has 0 radical (unpaired) electrons. The van der Waals surface area contributed by atoms with Gasteiger partial charge in [0.05, 0.1) is 8.22 Å². The largest absolute Gasteiger partial charge is 0.369 e. The third-order valence-electron chi connectivity index (χ3n) is 3.37. The molecule has 0 unspecified atom stereocenters. The van der Waals surface area contributed by atoms with E-state index in [2.05, 4.69) is 5.10 Å². The summed E-state index contributed by atoms with van der Waals surface area (Å²) in [4.78, 5) is 12.3. The Morgan fingerprint density at radius 2 is 1.96 bits per heavy atom. The van der Waals surface area contributed by atoms with Crippen LogP contribution in [0.5, 0.6) is 0 Å². The van der Waals surface area contributed by atoms with Crippen molar-refractivity contribution >= 4 is 22.9 Å². The number of rotatable bonds is 5. The Bertz CT molecular complexity index is 1490. The van der Waals surface area contributed by atoms with Crippen LogP contribution >= 0.6 is 11.6 Å². The van der Waals surface area contributed by atoms with Crippen molar-refractivity contribution in [3.63, 3.8) is 0 Å². The van der Waals surface area contributed by atoms with Crippen LogP contribution in [-0.2, 0) is 6.50 Å². The van der Waals surface area contributed by atoms with E-state index < -0.39 is 61.6 Å². The number of aryl methyl sites for hydroxylation is 1. The Balaban J connectivity index is 1.93. The van der Waals surface area contributed by atoms with Crippen LogP contribution in [0.25, 0.3) is 5.65 Å². The Labute approximate surface area is 176 Å². The quantitative estimate of drug-likeness (QED) is 0.676. The number of aromatic nitrogens is 3. The minimum atomic E-state index is -4.17. The van der Waals surface area contributed by atoms with Gasteiger partial charge in [-0.3, -0.25) is 9.30 Å². The number of pyridine rings is 1. The fourth-order valence-corrected chi connectivity index (χ4v) is 2.37. The maximum absolute atomic E-state index is 12.8. The molecule has 1 fully saturated rings. The van der Waals surface area contributed by atoms with Crippen LogP contribution in [0.3, 0.4) is 0 Å². The second kappa shape index (κ2) is 7.51. The number of fused-ring (bicyclic) bond motifs is 1. The normalized spacial score (nSPS) is 33.0. The Morgan fingerprint density at radius 3 is 2.73 bits per heavy atom. The van der Waals surface area contributed by atoms with E-state index in [9.17, 15) is 4.79 Å². The van der Waals surface area contributed by atoms with Crippen molar-refractivity contribution in [1.29, 1.82) is 0 Å². The lowest BCUT2D eigenvalue weighted by molar-refractivity contribution is 0.248. The van der Waals surface area contributed by atoms with Gasteiger partial charge in [0.1, 0.15) is 0 Å². The molecule has 26 heavy (non-hydrogen) atoms. The summed E-state index contributed by atoms with van der Waals surface area (Å²) in [5, 5.41) is 3.69. The lowest BCUT2D eigenvalue weighted by Crippen LogP contribution is -2.46. The van der Waals surface area contributed by atoms with E-state index in [1.165, 1.54) is 36.5 Å². The van der Waals surface area contributed by atoms with E-state index in [-0.39, 0.29) is 20.3 Å². The van der Waals surface area contributed by atoms with E-state index in [1.54, 1.807) is 0 Å². The zero-order valence-electron chi connectivity index (χ0n) is 27.1. The predicted molar refractivity (Wildman–Crippen MR) is 104 cm³/mol. The van der Waals surface area contributed by atoms with E-state index in [0.717, 1.165) is 16.5 Å². The second-order valence-corrected chi connectivity index (χ2v) is 5.51. The molecule has 4 rings (SSSR count). The molecule has 0 bridgehead atoms. The minimum absolute atomic E-state index is 0.0171. The Kier molecular flexibility index (Phi) is 2.13. The highest BCUT2D eigenvalue weighted by molar-refractivity contribution is 6.30. The van der Waals surface area contributed by atoms with Crippen molar-refractivity contribution in [2.75, 3.05) is 37.4 Å². The molecule has 0 aliphatic carbocycles. The van der Waals surface area contributed by atoms with Gasteiger partial charge in [-0.15, -0.1) is 5.10 Å². The topological polar surface area (TPSA) is 45.8 Å². The first-order valence-electron chi connectivity index (χ1n) is 14.4. The average Bonchev–Trinajstić information content (AvgIpc) is 3.14. The second-order valence-electron chi connectivity index (χ2n) is 5.07. The van der Waals surface area contributed by atoms with Crippen molar-refractivity contribution in [2.45, 2.75) is 12.9 Å². The summed E-state index contributed by atoms with van der Waals surface area (Å²) < 4.78 is 120. The summed E-state index contributed by atoms with van der Waals surface area (Å²) >= 11 is 5.95. The fourth-order valence-electron chi connectivity index (χ4n) is 2.19. The highest BCUT2D eigenvalue weighted by atomic mass is 35.5. The van der Waals surface area contributed by atoms with Gasteiger partial charge in [0.25, 0.3) is 0 Å². The summed E-state index contributed by atoms with van der Waals surface area (Å²) in [6.07, 6.45) is -2.87. The van der Waals surface area contributed by atoms with Gasteiger partial charge in [-0.1, -0.05) is 23.7 Å². The lowest BCUT2D eigenvalue weighted by atomic mass is 10.2. The first-order chi connectivity index (χ1) is 18.0. The number of halogens is 1. The predicted octanol–water partition coefficient (Wildman–Crippen LogP) is 2.36. The Hall–Kier alpha value is -2.31. The van der Waals surface area contributed by atoms with E-state index >= 15 is 0 Å². The molecule has 0 saturated carbocycles. The van der Waals surface area contributed by atoms with Crippen LogP contribution in [0.4, 0.5) is 5.69 Å². The molecular weight excluding hydrogens is 350 g/mol. The summed E-state index contributed by atoms with van der Waals surface area (Å²) in [5.41, 5.74) is -1.77. The van der Waals surface area contributed by atoms with Crippen LogP contribution in [0.2, 0.25) is 5.02 Å². The van der Waals surface area contributed by atoms with Crippen LogP contribution in [0.15, 0.2) is 53.5 Å². The van der Waals surface area contributed by atoms with Gasteiger partial charge in [-0.25, -0.2) is 9.48 Å². The summed E-state index contributed by atoms with van der Waals surface area (Å²) in [6.45, 7) is -22.9. The van der Waals surface area contributed by atoms with Gasteiger partial charge in [0, 0.05) is 66.9 Å². The standard InChI is InChI=1S/C19H22ClN5O/c20-16-5-3-6-17(15-16)23-13-11-22(12-14-23)8-4-10-25-19(26)24-9-2-1-7-18(24)21-25/h1-3,5-7,9,15H,4,8,10-14H2/i4D2,8D2,10D2,11D2,12D2,13D2,14D2. The van der Waals surface area contributed by atoms with E-state index in [1.807, 2.05) is 0 Å². The molecule has 7 heteroatoms. The average molecular weight is 386 g/mol. The number of nitrogens with zero attached hydrogens (tertiary/aromatic N) is 5. The summed E-state index contributed by atoms with van der Waals surface area (Å²) in [6, 6.07) is 8.94. The zero-order chi connectivity index (χ0) is 30.5. The molecule has 6 nitrogen and oxygen atoms in total. The van der Waals surface area contributed by atoms with Gasteiger partial charge < -0.3 is 4.90 Å². The zero-order valence-corrected chi connectivity index (χ0v) is 13.9. The number of benzene rings is 1. The smallest absolute Gasteiger partial charge is 0.350 e. The van der Waals surface area contributed by atoms with Crippen LogP contribution in [0, 0.1) is 0 Å². The summed E-state index contributed by atoms with van der Waals surface area (Å²) in [7, 11) is 0. The van der Waals surface area contributed by atoms with Crippen molar-refractivity contribution in [3.8, 4) is 0 Å². The molecular formula is C19H22ClN5O. The highest BCUT2D eigenvalue weighted by Gasteiger charge is 2.17. The minimum Gasteiger partial charge on any atom is -0.369 e. The molecule has 0 spiro atoms. The molecule has 1 aliphatic rings. The highest BCUT2D eigenvalue weighted by Crippen LogP contribution is 2.20. The molecule has 0 atom stereocenters. The molecule has 1 aromatic carbocycles. The molecule has 136 valence electrons. The van der Waals surface area contributed by atoms with Crippen LogP contribution < -0.4 is 10.6 Å². The van der Waals surface area contributed by atoms with Crippen LogP contribution in [-0.4, -0.2) is 51.6 Å². The molecule has 3 heterocycles. The van der Waals surface area contributed by atoms with Gasteiger partial charge in [-0.05, 0) is 36.7 Å². The monoisotopic (exact) mass is 385 g/mol. The SMILES string of the molecule is [2H]C1([2H])N(c2cccc(Cl)c2)C([2H])([2H])C([2H])([2H])N(C([2H])([2H])C([2H])([2H])C([2H])([2H])n2nc3ccccn3c2=O)C1([2H])[2H]. The molecule has 0 N–H and O–H groups in total. The number of hydrogen-bond acceptors (Lipinski definition) is 4. The first-order valence-corrected chi connectivity index (χ1v) is 7.80. The first kappa shape index (κ1) is 7.37. The Morgan fingerprint density at radius 1 is 1.12 bits per heavy atom. The number of anilines is 1. The maximum Gasteiger partial charge on any atom is 0.350 e. The van der Waals surface area contributed by atoms with E-state index in [0.29, 0.717) is 0 Å². The summed E-state index contributed by atoms with van der Waals surface area (Å²) in [5.74, 6) is 0. The van der Waals surface area contributed by atoms with E-state index in [4.69, 9.17) is 30.8 Å². The number of hydrogen-bond donors (Lipinski definition) is 0. The third-order valence-corrected chi connectivity index (χ3v) is 3.61. The van der Waals surface area contributed by atoms with Crippen molar-refractivity contribution in [2.24, 2.45) is 0 Å². The molecule has 0 amide bonds. The van der Waals surface area contributed by atoms with Gasteiger partial charge in [0.2, 0.25) is 0 Å². The van der Waals surface area contributed by atoms with Crippen molar-refractivity contribution in [1.82, 2.24) is 19.1 Å². The molecule has 1 saturated heterocycles. The molecule has 1 aliphatic heterocycles. The maximum atomic E-state index is 12.8. The van der Waals surface area contributed by atoms with Gasteiger partial charge in [0.15, 0.2) is 5.65 Å². The molecule has 2 aromatic heterocycles. The van der Waals surface area contributed by atoms with Crippen molar-refractivity contribution in [3.05, 3.63) is 64.2 Å². The van der Waals surface area contributed by atoms with Gasteiger partial charge in [-0.2, -0.15) is 0 Å². The lowest BCUT2D eigenvalue weighted by Gasteiger charge is -2.36. The number of piperazine rings is 1. The molecule has 3 aromatic rings. The third kappa shape index (κ3) is 3.61. The van der Waals surface area contributed by atoms with Crippen LogP contribution in [0.1, 0.15) is 25.6 Å².